The molecule has 0 saturated heterocycles. The minimum Gasteiger partial charge on any atom is -0.493 e. The van der Waals surface area contributed by atoms with Crippen molar-refractivity contribution < 1.29 is 33.5 Å². The molecule has 13 nitrogen and oxygen atoms in total. The van der Waals surface area contributed by atoms with E-state index < -0.39 is 10.8 Å². The van der Waals surface area contributed by atoms with Gasteiger partial charge in [0.25, 0.3) is 11.6 Å². The number of carbonyl (C=O) groups is 2. The van der Waals surface area contributed by atoms with Crippen molar-refractivity contribution in [2.45, 2.75) is 13.8 Å². The number of nitro benzene ring substituents is 1. The molecular weight excluding hydrogens is 590 g/mol. The van der Waals surface area contributed by atoms with Crippen LogP contribution >= 0.6 is 11.3 Å². The molecule has 5 rings (SSSR count). The zero-order valence-electron chi connectivity index (χ0n) is 24.4. The average Bonchev–Trinajstić information content (AvgIpc) is 3.64. The van der Waals surface area contributed by atoms with E-state index in [9.17, 15) is 19.7 Å². The number of anilines is 1. The molecule has 0 aliphatic heterocycles. The van der Waals surface area contributed by atoms with Crippen molar-refractivity contribution in [2.24, 2.45) is 0 Å². The molecule has 226 valence electrons. The Balaban J connectivity index is 1.38. The molecule has 0 aliphatic carbocycles. The van der Waals surface area contributed by atoms with Crippen LogP contribution in [0.3, 0.4) is 0 Å². The number of benzene rings is 3. The van der Waals surface area contributed by atoms with Crippen LogP contribution in [0.15, 0.2) is 54.6 Å². The molecule has 0 aliphatic rings. The largest absolute Gasteiger partial charge is 0.493 e. The summed E-state index contributed by atoms with van der Waals surface area (Å²) in [6, 6.07) is 15.0. The van der Waals surface area contributed by atoms with Gasteiger partial charge in [-0.05, 0) is 42.8 Å². The fourth-order valence-corrected chi connectivity index (χ4v) is 5.36. The third-order valence-electron chi connectivity index (χ3n) is 6.64. The summed E-state index contributed by atoms with van der Waals surface area (Å²) in [6.07, 6.45) is 0. The lowest BCUT2D eigenvalue weighted by molar-refractivity contribution is -0.384. The second-order valence-corrected chi connectivity index (χ2v) is 10.5. The van der Waals surface area contributed by atoms with E-state index in [2.05, 4.69) is 15.4 Å². The molecule has 0 atom stereocenters. The number of carbonyl (C=O) groups excluding carboxylic acids is 2. The van der Waals surface area contributed by atoms with E-state index in [0.29, 0.717) is 60.9 Å². The first-order valence-corrected chi connectivity index (χ1v) is 13.9. The molecule has 2 heterocycles. The molecule has 2 aromatic heterocycles. The summed E-state index contributed by atoms with van der Waals surface area (Å²) >= 11 is 1.20. The summed E-state index contributed by atoms with van der Waals surface area (Å²) < 4.78 is 24.2. The number of fused-ring (bicyclic) bond motifs is 1. The van der Waals surface area contributed by atoms with Crippen LogP contribution < -0.4 is 24.3 Å². The summed E-state index contributed by atoms with van der Waals surface area (Å²) in [4.78, 5) is 40.1. The SMILES string of the molecule is COc1cc(-c2cc(-c3ccc(C)c(OCC(=O)Nc4nc5cc([N+](=O)[O-])ccc5s4)c3)n(C(C)=O)n2)cc(OC)c1OC. The number of hydrogen-bond donors (Lipinski definition) is 1. The average molecular weight is 618 g/mol. The molecule has 0 bridgehead atoms. The summed E-state index contributed by atoms with van der Waals surface area (Å²) in [5.41, 5.74) is 3.40. The predicted molar refractivity (Wildman–Crippen MR) is 164 cm³/mol. The number of ether oxygens (including phenoxy) is 4. The van der Waals surface area contributed by atoms with Gasteiger partial charge in [0, 0.05) is 30.2 Å². The lowest BCUT2D eigenvalue weighted by Crippen LogP contribution is -2.20. The number of aromatic nitrogens is 3. The van der Waals surface area contributed by atoms with Gasteiger partial charge in [-0.25, -0.2) is 4.98 Å². The predicted octanol–water partition coefficient (Wildman–Crippen LogP) is 5.75. The van der Waals surface area contributed by atoms with Crippen molar-refractivity contribution in [1.82, 2.24) is 14.8 Å². The van der Waals surface area contributed by atoms with E-state index in [-0.39, 0.29) is 18.2 Å². The molecule has 0 unspecified atom stereocenters. The van der Waals surface area contributed by atoms with Crippen molar-refractivity contribution in [2.75, 3.05) is 33.3 Å². The van der Waals surface area contributed by atoms with E-state index in [1.165, 1.54) is 56.4 Å². The smallest absolute Gasteiger partial charge is 0.271 e. The number of rotatable bonds is 10. The van der Waals surface area contributed by atoms with Gasteiger partial charge in [0.1, 0.15) is 5.75 Å². The zero-order valence-corrected chi connectivity index (χ0v) is 25.2. The molecule has 14 heteroatoms. The van der Waals surface area contributed by atoms with Gasteiger partial charge in [0.05, 0.1) is 47.9 Å². The van der Waals surface area contributed by atoms with E-state index in [1.807, 2.05) is 19.1 Å². The van der Waals surface area contributed by atoms with Gasteiger partial charge >= 0.3 is 0 Å². The lowest BCUT2D eigenvalue weighted by Gasteiger charge is -2.13. The Kier molecular flexibility index (Phi) is 8.44. The topological polar surface area (TPSA) is 157 Å². The van der Waals surface area contributed by atoms with Crippen LogP contribution in [-0.2, 0) is 4.79 Å². The first-order valence-electron chi connectivity index (χ1n) is 13.1. The first-order chi connectivity index (χ1) is 21.1. The van der Waals surface area contributed by atoms with Gasteiger partial charge in [-0.15, -0.1) is 0 Å². The molecule has 3 aromatic carbocycles. The second-order valence-electron chi connectivity index (χ2n) is 9.50. The van der Waals surface area contributed by atoms with Crippen LogP contribution in [0, 0.1) is 17.0 Å². The van der Waals surface area contributed by atoms with Crippen molar-refractivity contribution >= 4 is 44.2 Å². The highest BCUT2D eigenvalue weighted by Gasteiger charge is 2.20. The van der Waals surface area contributed by atoms with Gasteiger partial charge in [-0.2, -0.15) is 9.78 Å². The Morgan fingerprint density at radius 2 is 1.66 bits per heavy atom. The fourth-order valence-electron chi connectivity index (χ4n) is 4.49. The molecule has 0 spiro atoms. The highest BCUT2D eigenvalue weighted by molar-refractivity contribution is 7.22. The maximum absolute atomic E-state index is 12.7. The molecule has 5 aromatic rings. The number of nitrogens with one attached hydrogen (secondary N) is 1. The van der Waals surface area contributed by atoms with Crippen LogP contribution in [0.2, 0.25) is 0 Å². The van der Waals surface area contributed by atoms with E-state index >= 15 is 0 Å². The highest BCUT2D eigenvalue weighted by Crippen LogP contribution is 2.41. The number of nitrogens with zero attached hydrogens (tertiary/aromatic N) is 4. The Labute approximate surface area is 255 Å². The maximum Gasteiger partial charge on any atom is 0.271 e. The van der Waals surface area contributed by atoms with Crippen LogP contribution in [0.25, 0.3) is 32.7 Å². The molecule has 0 saturated carbocycles. The highest BCUT2D eigenvalue weighted by atomic mass is 32.1. The Morgan fingerprint density at radius 1 is 0.955 bits per heavy atom. The van der Waals surface area contributed by atoms with Gasteiger partial charge in [0.2, 0.25) is 11.7 Å². The third-order valence-corrected chi connectivity index (χ3v) is 7.59. The molecular formula is C30H27N5O8S. The van der Waals surface area contributed by atoms with Crippen molar-refractivity contribution in [1.29, 1.82) is 0 Å². The van der Waals surface area contributed by atoms with Gasteiger partial charge in [-0.3, -0.25) is 25.0 Å². The van der Waals surface area contributed by atoms with Gasteiger partial charge < -0.3 is 18.9 Å². The standard InChI is InChI=1S/C30H27N5O8S/c1-16-6-7-18(10-24(16)43-15-28(37)32-30-31-22-13-20(35(38)39)8-9-27(22)44-30)23-14-21(33-34(23)17(2)36)19-11-25(40-3)29(42-5)26(12-19)41-4/h6-14H,15H2,1-5H3,(H,31,32,37). The number of amides is 1. The van der Waals surface area contributed by atoms with Crippen LogP contribution in [0.5, 0.6) is 23.0 Å². The number of non-ortho nitro benzene ring substituents is 1. The van der Waals surface area contributed by atoms with Crippen molar-refractivity contribution in [3.05, 3.63) is 70.3 Å². The van der Waals surface area contributed by atoms with Gasteiger partial charge in [0.15, 0.2) is 23.2 Å². The van der Waals surface area contributed by atoms with Crippen LogP contribution in [0.4, 0.5) is 10.8 Å². The number of thiazole rings is 1. The zero-order chi connectivity index (χ0) is 31.5. The van der Waals surface area contributed by atoms with Crippen LogP contribution in [-0.4, -0.2) is 59.4 Å². The summed E-state index contributed by atoms with van der Waals surface area (Å²) in [7, 11) is 4.55. The van der Waals surface area contributed by atoms with Crippen molar-refractivity contribution in [3.63, 3.8) is 0 Å². The van der Waals surface area contributed by atoms with Crippen LogP contribution in [0.1, 0.15) is 17.3 Å². The Morgan fingerprint density at radius 3 is 2.30 bits per heavy atom. The van der Waals surface area contributed by atoms with E-state index in [1.54, 1.807) is 30.3 Å². The van der Waals surface area contributed by atoms with Gasteiger partial charge in [-0.1, -0.05) is 23.5 Å². The fraction of sp³-hybridized carbons (Fsp3) is 0.200. The molecule has 1 amide bonds. The number of hydrogen-bond acceptors (Lipinski definition) is 11. The molecule has 44 heavy (non-hydrogen) atoms. The number of methoxy groups -OCH3 is 3. The molecule has 1 N–H and O–H groups in total. The number of nitro groups is 1. The maximum atomic E-state index is 12.7. The first kappa shape index (κ1) is 30.0. The minimum atomic E-state index is -0.501. The minimum absolute atomic E-state index is 0.0824. The van der Waals surface area contributed by atoms with E-state index in [0.717, 1.165) is 5.56 Å². The summed E-state index contributed by atoms with van der Waals surface area (Å²) in [5, 5.41) is 18.5. The monoisotopic (exact) mass is 617 g/mol. The Bertz CT molecular complexity index is 1890. The van der Waals surface area contributed by atoms with Crippen molar-refractivity contribution in [3.8, 4) is 45.5 Å². The van der Waals surface area contributed by atoms with E-state index in [4.69, 9.17) is 18.9 Å². The third kappa shape index (κ3) is 6.01. The quantitative estimate of drug-likeness (QED) is 0.151. The summed E-state index contributed by atoms with van der Waals surface area (Å²) in [6.45, 7) is 2.93. The Hall–Kier alpha value is -5.50. The summed E-state index contributed by atoms with van der Waals surface area (Å²) in [5.74, 6) is 0.989. The second kappa shape index (κ2) is 12.4. The molecule has 0 radical (unpaired) electrons. The number of aryl methyl sites for hydroxylation is 1. The lowest BCUT2D eigenvalue weighted by atomic mass is 10.1. The normalized spacial score (nSPS) is 10.8. The molecule has 0 fully saturated rings.